The minimum Gasteiger partial charge on any atom is -0.462 e. The van der Waals surface area contributed by atoms with Gasteiger partial charge in [0.2, 0.25) is 5.91 Å². The van der Waals surface area contributed by atoms with Gasteiger partial charge in [-0.25, -0.2) is 4.79 Å². The molecule has 0 unspecified atom stereocenters. The molecule has 1 aromatic heterocycles. The fourth-order valence-electron chi connectivity index (χ4n) is 3.47. The number of hydrogen-bond donors (Lipinski definition) is 1. The predicted molar refractivity (Wildman–Crippen MR) is 103 cm³/mol. The highest BCUT2D eigenvalue weighted by Crippen LogP contribution is 2.30. The van der Waals surface area contributed by atoms with Crippen molar-refractivity contribution < 1.29 is 23.8 Å². The molecule has 1 N–H and O–H groups in total. The monoisotopic (exact) mass is 396 g/mol. The molecule has 3 heterocycles. The number of aryl methyl sites for hydroxylation is 1. The number of carbonyl (C=O) groups excluding carboxylic acids is 2. The van der Waals surface area contributed by atoms with E-state index >= 15 is 0 Å². The van der Waals surface area contributed by atoms with E-state index in [-0.39, 0.29) is 18.2 Å². The first kappa shape index (κ1) is 20.3. The lowest BCUT2D eigenvalue weighted by molar-refractivity contribution is -0.119. The van der Waals surface area contributed by atoms with Gasteiger partial charge in [0.05, 0.1) is 31.9 Å². The third kappa shape index (κ3) is 5.28. The highest BCUT2D eigenvalue weighted by atomic mass is 32.1. The summed E-state index contributed by atoms with van der Waals surface area (Å²) in [6.45, 7) is 7.47. The molecule has 27 heavy (non-hydrogen) atoms. The van der Waals surface area contributed by atoms with Crippen molar-refractivity contribution in [2.75, 3.05) is 44.8 Å². The Labute approximate surface area is 164 Å². The van der Waals surface area contributed by atoms with Gasteiger partial charge in [-0.2, -0.15) is 0 Å². The largest absolute Gasteiger partial charge is 0.462 e. The van der Waals surface area contributed by atoms with Crippen LogP contribution in [0.25, 0.3) is 0 Å². The number of nitrogens with zero attached hydrogens (tertiary/aromatic N) is 1. The lowest BCUT2D eigenvalue weighted by atomic mass is 9.96. The molecule has 1 amide bonds. The average Bonchev–Trinajstić information content (AvgIpc) is 3.32. The minimum atomic E-state index is -0.388. The van der Waals surface area contributed by atoms with E-state index in [0.29, 0.717) is 42.8 Å². The van der Waals surface area contributed by atoms with Crippen LogP contribution in [0.2, 0.25) is 0 Å². The molecule has 150 valence electrons. The third-order valence-corrected chi connectivity index (χ3v) is 6.11. The topological polar surface area (TPSA) is 77.1 Å². The predicted octanol–water partition coefficient (Wildman–Crippen LogP) is 2.51. The van der Waals surface area contributed by atoms with Crippen LogP contribution in [0.15, 0.2) is 6.07 Å². The summed E-state index contributed by atoms with van der Waals surface area (Å²) in [6, 6.07) is 1.81. The molecule has 2 aliphatic rings. The van der Waals surface area contributed by atoms with Crippen LogP contribution < -0.4 is 5.32 Å². The van der Waals surface area contributed by atoms with Gasteiger partial charge in [0.1, 0.15) is 5.00 Å². The smallest absolute Gasteiger partial charge is 0.341 e. The van der Waals surface area contributed by atoms with Gasteiger partial charge >= 0.3 is 5.97 Å². The molecule has 0 radical (unpaired) electrons. The van der Waals surface area contributed by atoms with E-state index in [4.69, 9.17) is 14.2 Å². The number of amides is 1. The Morgan fingerprint density at radius 3 is 2.59 bits per heavy atom. The van der Waals surface area contributed by atoms with Crippen LogP contribution in [0, 0.1) is 5.92 Å². The number of ether oxygens (including phenoxy) is 3. The maximum absolute atomic E-state index is 12.5. The number of rotatable bonds is 7. The van der Waals surface area contributed by atoms with E-state index in [1.807, 2.05) is 13.0 Å². The maximum atomic E-state index is 12.5. The zero-order valence-corrected chi connectivity index (χ0v) is 16.8. The summed E-state index contributed by atoms with van der Waals surface area (Å²) >= 11 is 1.44. The van der Waals surface area contributed by atoms with Gasteiger partial charge in [-0.3, -0.25) is 9.69 Å². The fourth-order valence-corrected chi connectivity index (χ4v) is 4.47. The van der Waals surface area contributed by atoms with Crippen molar-refractivity contribution >= 4 is 28.2 Å². The first-order chi connectivity index (χ1) is 13.1. The highest BCUT2D eigenvalue weighted by molar-refractivity contribution is 7.16. The first-order valence-electron chi connectivity index (χ1n) is 9.66. The van der Waals surface area contributed by atoms with Crippen LogP contribution in [0.4, 0.5) is 5.00 Å². The molecule has 2 saturated heterocycles. The van der Waals surface area contributed by atoms with Crippen molar-refractivity contribution in [3.8, 4) is 0 Å². The van der Waals surface area contributed by atoms with Crippen molar-refractivity contribution in [2.45, 2.75) is 39.4 Å². The number of piperidine rings is 1. The van der Waals surface area contributed by atoms with E-state index in [1.54, 1.807) is 6.92 Å². The molecule has 8 heteroatoms. The maximum Gasteiger partial charge on any atom is 0.341 e. The lowest BCUT2D eigenvalue weighted by Crippen LogP contribution is -2.41. The third-order valence-electron chi connectivity index (χ3n) is 4.91. The second kappa shape index (κ2) is 9.64. The Kier molecular flexibility index (Phi) is 7.23. The number of hydrogen-bond acceptors (Lipinski definition) is 7. The summed E-state index contributed by atoms with van der Waals surface area (Å²) < 4.78 is 16.3. The van der Waals surface area contributed by atoms with E-state index in [1.165, 1.54) is 11.3 Å². The molecule has 0 bridgehead atoms. The zero-order valence-electron chi connectivity index (χ0n) is 16.0. The molecule has 1 aromatic rings. The molecule has 2 aliphatic heterocycles. The SMILES string of the molecule is CCOC(=O)c1cc(CC)sc1NC(=O)CN1CCC(C2OCCO2)CC1. The Hall–Kier alpha value is -1.48. The summed E-state index contributed by atoms with van der Waals surface area (Å²) in [6.07, 6.45) is 2.66. The van der Waals surface area contributed by atoms with E-state index in [0.717, 1.165) is 37.2 Å². The quantitative estimate of drug-likeness (QED) is 0.714. The second-order valence-corrected chi connectivity index (χ2v) is 7.94. The summed E-state index contributed by atoms with van der Waals surface area (Å²) in [5.74, 6) is -0.0790. The van der Waals surface area contributed by atoms with Crippen LogP contribution in [0.3, 0.4) is 0 Å². The Morgan fingerprint density at radius 1 is 1.26 bits per heavy atom. The van der Waals surface area contributed by atoms with Gasteiger partial charge in [0, 0.05) is 10.8 Å². The molecule has 0 aromatic carbocycles. The summed E-state index contributed by atoms with van der Waals surface area (Å²) in [5.41, 5.74) is 0.446. The molecule has 0 atom stereocenters. The molecule has 3 rings (SSSR count). The Morgan fingerprint density at radius 2 is 1.96 bits per heavy atom. The van der Waals surface area contributed by atoms with E-state index < -0.39 is 0 Å². The van der Waals surface area contributed by atoms with E-state index in [9.17, 15) is 9.59 Å². The van der Waals surface area contributed by atoms with Gasteiger partial charge in [-0.15, -0.1) is 11.3 Å². The summed E-state index contributed by atoms with van der Waals surface area (Å²) in [4.78, 5) is 27.8. The molecule has 0 aliphatic carbocycles. The lowest BCUT2D eigenvalue weighted by Gasteiger charge is -2.33. The average molecular weight is 397 g/mol. The van der Waals surface area contributed by atoms with Crippen molar-refractivity contribution in [3.05, 3.63) is 16.5 Å². The van der Waals surface area contributed by atoms with Gasteiger partial charge in [-0.1, -0.05) is 6.92 Å². The van der Waals surface area contributed by atoms with Crippen molar-refractivity contribution in [1.82, 2.24) is 4.90 Å². The first-order valence-corrected chi connectivity index (χ1v) is 10.5. The van der Waals surface area contributed by atoms with Crippen LogP contribution in [-0.2, 0) is 25.4 Å². The van der Waals surface area contributed by atoms with Crippen LogP contribution in [0.5, 0.6) is 0 Å². The normalized spacial score (nSPS) is 19.3. The van der Waals surface area contributed by atoms with Crippen molar-refractivity contribution in [3.63, 3.8) is 0 Å². The molecule has 0 saturated carbocycles. The Bertz CT molecular complexity index is 649. The number of esters is 1. The summed E-state index contributed by atoms with van der Waals surface area (Å²) in [5, 5.41) is 3.49. The number of carbonyl (C=O) groups is 2. The number of anilines is 1. The van der Waals surface area contributed by atoms with Crippen LogP contribution in [0.1, 0.15) is 41.9 Å². The molecular weight excluding hydrogens is 368 g/mol. The standard InChI is InChI=1S/C19H28N2O5S/c1-3-14-11-15(18(23)24-4-2)17(27-14)20-16(22)12-21-7-5-13(6-8-21)19-25-9-10-26-19/h11,13,19H,3-10,12H2,1-2H3,(H,20,22). The molecule has 0 spiro atoms. The van der Waals surface area contributed by atoms with E-state index in [2.05, 4.69) is 10.2 Å². The number of nitrogens with one attached hydrogen (secondary N) is 1. The van der Waals surface area contributed by atoms with Crippen LogP contribution in [-0.4, -0.2) is 62.5 Å². The van der Waals surface area contributed by atoms with Crippen molar-refractivity contribution in [2.24, 2.45) is 5.92 Å². The van der Waals surface area contributed by atoms with Crippen LogP contribution >= 0.6 is 11.3 Å². The summed E-state index contributed by atoms with van der Waals surface area (Å²) in [7, 11) is 0. The van der Waals surface area contributed by atoms with Crippen molar-refractivity contribution in [1.29, 1.82) is 0 Å². The molecular formula is C19H28N2O5S. The second-order valence-electron chi connectivity index (χ2n) is 6.80. The zero-order chi connectivity index (χ0) is 19.2. The molecule has 7 nitrogen and oxygen atoms in total. The molecule has 2 fully saturated rings. The fraction of sp³-hybridized carbons (Fsp3) is 0.684. The number of thiophene rings is 1. The minimum absolute atomic E-state index is 0.0771. The highest BCUT2D eigenvalue weighted by Gasteiger charge is 2.31. The van der Waals surface area contributed by atoms with Gasteiger partial charge in [0.15, 0.2) is 6.29 Å². The van der Waals surface area contributed by atoms with Gasteiger partial charge in [-0.05, 0) is 45.3 Å². The Balaban J connectivity index is 1.52. The number of likely N-dealkylation sites (tertiary alicyclic amines) is 1. The van der Waals surface area contributed by atoms with Gasteiger partial charge in [0.25, 0.3) is 0 Å². The van der Waals surface area contributed by atoms with Gasteiger partial charge < -0.3 is 19.5 Å².